The Morgan fingerprint density at radius 3 is 2.56 bits per heavy atom. The van der Waals surface area contributed by atoms with E-state index in [0.29, 0.717) is 18.4 Å². The van der Waals surface area contributed by atoms with E-state index >= 15 is 0 Å². The highest BCUT2D eigenvalue weighted by Crippen LogP contribution is 2.42. The Morgan fingerprint density at radius 2 is 1.95 bits per heavy atom. The molecule has 0 spiro atoms. The lowest BCUT2D eigenvalue weighted by atomic mass is 9.73. The van der Waals surface area contributed by atoms with Crippen LogP contribution in [0.4, 0.5) is 5.69 Å². The van der Waals surface area contributed by atoms with Gasteiger partial charge in [0.25, 0.3) is 0 Å². The Balaban J connectivity index is 0.000000202. The summed E-state index contributed by atoms with van der Waals surface area (Å²) < 4.78 is 5.35. The third kappa shape index (κ3) is 7.15. The predicted octanol–water partition coefficient (Wildman–Crippen LogP) is 5.76. The number of likely N-dealkylation sites (N-methyl/N-ethyl adjacent to an activating group) is 1. The summed E-state index contributed by atoms with van der Waals surface area (Å²) in [5, 5.41) is 15.1. The molecule has 0 aliphatic carbocycles. The molecule has 4 heterocycles. The number of aliphatic hydroxyl groups excluding tert-OH is 1. The van der Waals surface area contributed by atoms with Crippen molar-refractivity contribution < 1.29 is 14.6 Å². The molecule has 3 aromatic rings. The molecule has 5 atom stereocenters. The Hall–Kier alpha value is -3.26. The van der Waals surface area contributed by atoms with Crippen molar-refractivity contribution in [2.75, 3.05) is 45.2 Å². The number of aliphatic hydroxyl groups is 1. The minimum absolute atomic E-state index is 0.0612. The van der Waals surface area contributed by atoms with Crippen molar-refractivity contribution in [3.63, 3.8) is 0 Å². The number of anilines is 1. The first-order valence-electron chi connectivity index (χ1n) is 14.8. The van der Waals surface area contributed by atoms with Crippen LogP contribution < -0.4 is 10.1 Å². The van der Waals surface area contributed by atoms with Crippen molar-refractivity contribution in [2.24, 2.45) is 11.8 Å². The van der Waals surface area contributed by atoms with Gasteiger partial charge in [0.1, 0.15) is 5.75 Å². The van der Waals surface area contributed by atoms with Crippen LogP contribution in [-0.2, 0) is 4.79 Å². The summed E-state index contributed by atoms with van der Waals surface area (Å²) in [5.41, 5.74) is 5.01. The predicted molar refractivity (Wildman–Crippen MR) is 167 cm³/mol. The number of aryl methyl sites for hydroxylation is 2. The number of nitrogens with one attached hydrogen (secondary N) is 1. The van der Waals surface area contributed by atoms with Gasteiger partial charge in [-0.15, -0.1) is 6.58 Å². The van der Waals surface area contributed by atoms with E-state index in [1.54, 1.807) is 13.3 Å². The van der Waals surface area contributed by atoms with Crippen molar-refractivity contribution in [3.05, 3.63) is 78.0 Å². The molecule has 220 valence electrons. The van der Waals surface area contributed by atoms with Gasteiger partial charge in [-0.3, -0.25) is 19.6 Å². The Kier molecular flexibility index (Phi) is 10.5. The third-order valence-electron chi connectivity index (χ3n) is 8.83. The van der Waals surface area contributed by atoms with Gasteiger partial charge in [0.05, 0.1) is 25.3 Å². The third-order valence-corrected chi connectivity index (χ3v) is 8.83. The molecule has 6 rings (SSSR count). The zero-order valence-corrected chi connectivity index (χ0v) is 25.3. The molecule has 7 heteroatoms. The zero-order chi connectivity index (χ0) is 29.5. The number of para-hydroxylation sites is 1. The van der Waals surface area contributed by atoms with Crippen LogP contribution in [-0.4, -0.2) is 71.7 Å². The van der Waals surface area contributed by atoms with Crippen molar-refractivity contribution in [1.82, 2.24) is 14.8 Å². The number of hydrogen-bond donors (Lipinski definition) is 2. The molecule has 3 aliphatic heterocycles. The van der Waals surface area contributed by atoms with E-state index in [4.69, 9.17) is 4.74 Å². The van der Waals surface area contributed by atoms with Crippen LogP contribution in [0.2, 0.25) is 0 Å². The number of hydrogen-bond acceptors (Lipinski definition) is 6. The minimum atomic E-state index is -0.504. The van der Waals surface area contributed by atoms with E-state index in [-0.39, 0.29) is 11.9 Å². The molecule has 0 saturated carbocycles. The largest absolute Gasteiger partial charge is 0.497 e. The number of ether oxygens (including phenoxy) is 1. The zero-order valence-electron chi connectivity index (χ0n) is 25.3. The van der Waals surface area contributed by atoms with Gasteiger partial charge in [0.15, 0.2) is 0 Å². The summed E-state index contributed by atoms with van der Waals surface area (Å²) in [6, 6.07) is 14.0. The summed E-state index contributed by atoms with van der Waals surface area (Å²) in [5.74, 6) is 2.07. The highest BCUT2D eigenvalue weighted by atomic mass is 16.5. The summed E-state index contributed by atoms with van der Waals surface area (Å²) >= 11 is 0. The van der Waals surface area contributed by atoms with Gasteiger partial charge in [-0.1, -0.05) is 38.1 Å². The van der Waals surface area contributed by atoms with E-state index in [2.05, 4.69) is 46.6 Å². The van der Waals surface area contributed by atoms with Crippen molar-refractivity contribution in [1.29, 1.82) is 0 Å². The second-order valence-electron chi connectivity index (χ2n) is 11.3. The number of aromatic nitrogens is 1. The summed E-state index contributed by atoms with van der Waals surface area (Å²) in [6.07, 6.45) is 5.62. The Morgan fingerprint density at radius 1 is 1.22 bits per heavy atom. The monoisotopic (exact) mass is 558 g/mol. The number of carbonyl (C=O) groups excluding carboxylic acids is 1. The second-order valence-corrected chi connectivity index (χ2v) is 11.3. The van der Waals surface area contributed by atoms with Crippen LogP contribution in [0.25, 0.3) is 10.9 Å². The number of benzene rings is 2. The van der Waals surface area contributed by atoms with Gasteiger partial charge in [0.2, 0.25) is 5.91 Å². The lowest BCUT2D eigenvalue weighted by molar-refractivity contribution is -0.117. The second kappa shape index (κ2) is 14.1. The summed E-state index contributed by atoms with van der Waals surface area (Å²) in [7, 11) is 1.66. The SMILES string of the molecule is C=C[C@H]1C[N@]2CC[C@H]1C[C@@H]2[C@@H](O)c1ccnc2ccc(OC)cc12.CCN(CC)CC(=O)Nc1c(C)cccc1C. The van der Waals surface area contributed by atoms with Gasteiger partial charge in [-0.25, -0.2) is 0 Å². The van der Waals surface area contributed by atoms with Crippen LogP contribution in [0.15, 0.2) is 61.3 Å². The minimum Gasteiger partial charge on any atom is -0.497 e. The number of fused-ring (bicyclic) bond motifs is 4. The lowest BCUT2D eigenvalue weighted by Crippen LogP contribution is -2.54. The maximum absolute atomic E-state index is 11.9. The highest BCUT2D eigenvalue weighted by Gasteiger charge is 2.42. The Bertz CT molecular complexity index is 1320. The topological polar surface area (TPSA) is 77.9 Å². The molecule has 2 aromatic carbocycles. The highest BCUT2D eigenvalue weighted by molar-refractivity contribution is 5.93. The van der Waals surface area contributed by atoms with Crippen LogP contribution in [0.5, 0.6) is 5.75 Å². The van der Waals surface area contributed by atoms with Crippen molar-refractivity contribution >= 4 is 22.5 Å². The molecule has 3 aliphatic rings. The fourth-order valence-electron chi connectivity index (χ4n) is 6.29. The first-order chi connectivity index (χ1) is 19.8. The number of rotatable bonds is 9. The normalized spacial score (nSPS) is 22.1. The van der Waals surface area contributed by atoms with Gasteiger partial charge >= 0.3 is 0 Å². The van der Waals surface area contributed by atoms with Crippen LogP contribution in [0.3, 0.4) is 0 Å². The molecule has 0 unspecified atom stereocenters. The molecule has 41 heavy (non-hydrogen) atoms. The summed E-state index contributed by atoms with van der Waals surface area (Å²) in [4.78, 5) is 20.9. The van der Waals surface area contributed by atoms with E-state index in [1.807, 2.05) is 56.3 Å². The number of pyridine rings is 1. The van der Waals surface area contributed by atoms with Crippen LogP contribution >= 0.6 is 0 Å². The van der Waals surface area contributed by atoms with E-state index in [0.717, 1.165) is 71.6 Å². The first kappa shape index (κ1) is 30.7. The first-order valence-corrected chi connectivity index (χ1v) is 14.8. The molecule has 3 fully saturated rings. The summed E-state index contributed by atoms with van der Waals surface area (Å²) in [6.45, 7) is 16.5. The fraction of sp³-hybridized carbons (Fsp3) is 0.471. The van der Waals surface area contributed by atoms with Gasteiger partial charge < -0.3 is 15.2 Å². The Labute approximate surface area is 245 Å². The molecule has 7 nitrogen and oxygen atoms in total. The molecule has 3 saturated heterocycles. The molecular weight excluding hydrogens is 512 g/mol. The molecule has 0 radical (unpaired) electrons. The molecule has 2 N–H and O–H groups in total. The number of amides is 1. The molecule has 1 aromatic heterocycles. The number of piperidine rings is 3. The van der Waals surface area contributed by atoms with E-state index < -0.39 is 6.10 Å². The van der Waals surface area contributed by atoms with E-state index in [9.17, 15) is 9.90 Å². The van der Waals surface area contributed by atoms with Crippen LogP contribution in [0, 0.1) is 25.7 Å². The van der Waals surface area contributed by atoms with Crippen molar-refractivity contribution in [3.8, 4) is 5.75 Å². The lowest BCUT2D eigenvalue weighted by Gasteiger charge is -2.50. The quantitative estimate of drug-likeness (QED) is 0.325. The van der Waals surface area contributed by atoms with Gasteiger partial charge in [-0.2, -0.15) is 0 Å². The average molecular weight is 559 g/mol. The van der Waals surface area contributed by atoms with Crippen LogP contribution in [0.1, 0.15) is 49.5 Å². The van der Waals surface area contributed by atoms with Gasteiger partial charge in [-0.05, 0) is 99.1 Å². The maximum atomic E-state index is 11.9. The fourth-order valence-corrected chi connectivity index (χ4v) is 6.29. The molecule has 1 amide bonds. The molecular formula is C34H46N4O3. The van der Waals surface area contributed by atoms with Gasteiger partial charge in [0, 0.05) is 29.9 Å². The number of carbonyl (C=O) groups is 1. The number of nitrogens with zero attached hydrogens (tertiary/aromatic N) is 3. The smallest absolute Gasteiger partial charge is 0.238 e. The average Bonchev–Trinajstić information content (AvgIpc) is 3.01. The van der Waals surface area contributed by atoms with Crippen molar-refractivity contribution in [2.45, 2.75) is 52.7 Å². The number of methoxy groups -OCH3 is 1. The standard InChI is InChI=1S/C20H24N2O2.C14H22N2O/c1-3-13-12-22-9-7-14(13)10-19(22)20(23)16-6-8-21-18-5-4-15(24-2)11-17(16)18;1-5-16(6-2)10-13(17)15-14-11(3)8-7-9-12(14)4/h3-6,8,11,13-14,19-20,23H,1,7,9-10,12H2,2H3;7-9H,5-6,10H2,1-4H3,(H,15,17)/t13-,14-,19+,20-;/m0./s1. The molecule has 2 bridgehead atoms. The van der Waals surface area contributed by atoms with E-state index in [1.165, 1.54) is 6.42 Å². The maximum Gasteiger partial charge on any atom is 0.238 e.